The van der Waals surface area contributed by atoms with Crippen LogP contribution in [0.5, 0.6) is 5.75 Å². The van der Waals surface area contributed by atoms with E-state index in [9.17, 15) is 0 Å². The van der Waals surface area contributed by atoms with Crippen molar-refractivity contribution in [2.45, 2.75) is 45.6 Å². The van der Waals surface area contributed by atoms with E-state index in [-0.39, 0.29) is 6.04 Å². The fourth-order valence-electron chi connectivity index (χ4n) is 4.50. The van der Waals surface area contributed by atoms with Gasteiger partial charge in [-0.25, -0.2) is 4.98 Å². The number of imidazole rings is 1. The third kappa shape index (κ3) is 2.94. The minimum absolute atomic E-state index is 0.0432. The Kier molecular flexibility index (Phi) is 5.19. The maximum Gasteiger partial charge on any atom is 0.204 e. The summed E-state index contributed by atoms with van der Waals surface area (Å²) >= 11 is 13.0. The number of halogens is 2. The highest BCUT2D eigenvalue weighted by atomic mass is 35.5. The molecule has 0 amide bonds. The van der Waals surface area contributed by atoms with Crippen molar-refractivity contribution in [3.8, 4) is 5.75 Å². The van der Waals surface area contributed by atoms with Crippen LogP contribution in [-0.2, 0) is 0 Å². The van der Waals surface area contributed by atoms with Crippen molar-refractivity contribution in [3.63, 3.8) is 0 Å². The van der Waals surface area contributed by atoms with E-state index in [1.165, 1.54) is 5.56 Å². The van der Waals surface area contributed by atoms with Crippen LogP contribution in [0.25, 0.3) is 11.0 Å². The molecular formula is C22H25Cl2N3O. The quantitative estimate of drug-likeness (QED) is 0.509. The molecule has 0 bridgehead atoms. The van der Waals surface area contributed by atoms with Crippen LogP contribution in [-0.4, -0.2) is 23.2 Å². The van der Waals surface area contributed by atoms with Gasteiger partial charge in [0.25, 0.3) is 0 Å². The van der Waals surface area contributed by atoms with Crippen molar-refractivity contribution < 1.29 is 4.74 Å². The summed E-state index contributed by atoms with van der Waals surface area (Å²) in [4.78, 5) is 4.95. The van der Waals surface area contributed by atoms with E-state index in [2.05, 4.69) is 36.7 Å². The van der Waals surface area contributed by atoms with Gasteiger partial charge < -0.3 is 10.1 Å². The SMILES string of the molecule is CCC(CC)c1ccc(Cl)c2c1nc1n2C(c2c(C)cc(Cl)cc2OC)CN1. The van der Waals surface area contributed by atoms with Gasteiger partial charge in [0.05, 0.1) is 29.2 Å². The number of hydrogen-bond donors (Lipinski definition) is 1. The maximum atomic E-state index is 6.70. The molecule has 3 aromatic rings. The van der Waals surface area contributed by atoms with E-state index >= 15 is 0 Å². The van der Waals surface area contributed by atoms with E-state index < -0.39 is 0 Å². The minimum Gasteiger partial charge on any atom is -0.496 e. The summed E-state index contributed by atoms with van der Waals surface area (Å²) in [5.41, 5.74) is 5.47. The summed E-state index contributed by atoms with van der Waals surface area (Å²) < 4.78 is 7.90. The average Bonchev–Trinajstić information content (AvgIpc) is 3.24. The van der Waals surface area contributed by atoms with Crippen molar-refractivity contribution in [2.24, 2.45) is 0 Å². The van der Waals surface area contributed by atoms with E-state index in [0.717, 1.165) is 58.3 Å². The van der Waals surface area contributed by atoms with Crippen LogP contribution < -0.4 is 10.1 Å². The Morgan fingerprint density at radius 2 is 2.00 bits per heavy atom. The number of hydrogen-bond acceptors (Lipinski definition) is 3. The largest absolute Gasteiger partial charge is 0.496 e. The molecule has 4 rings (SSSR count). The Balaban J connectivity index is 1.95. The lowest BCUT2D eigenvalue weighted by molar-refractivity contribution is 0.404. The zero-order valence-corrected chi connectivity index (χ0v) is 18.2. The fourth-order valence-corrected chi connectivity index (χ4v) is 5.01. The van der Waals surface area contributed by atoms with Crippen LogP contribution >= 0.6 is 23.2 Å². The van der Waals surface area contributed by atoms with Crippen LogP contribution in [0.4, 0.5) is 5.95 Å². The molecule has 2 heterocycles. The lowest BCUT2D eigenvalue weighted by Crippen LogP contribution is -2.13. The number of nitrogens with one attached hydrogen (secondary N) is 1. The van der Waals surface area contributed by atoms with E-state index in [1.807, 2.05) is 18.2 Å². The number of ether oxygens (including phenoxy) is 1. The highest BCUT2D eigenvalue weighted by molar-refractivity contribution is 6.35. The number of benzene rings is 2. The first kappa shape index (κ1) is 19.4. The molecule has 1 aliphatic rings. The molecule has 0 saturated carbocycles. The summed E-state index contributed by atoms with van der Waals surface area (Å²) in [5, 5.41) is 4.86. The van der Waals surface area contributed by atoms with Gasteiger partial charge in [0.15, 0.2) is 0 Å². The Morgan fingerprint density at radius 3 is 2.68 bits per heavy atom. The molecule has 0 spiro atoms. The van der Waals surface area contributed by atoms with Crippen LogP contribution in [0.2, 0.25) is 10.0 Å². The standard InChI is InChI=1S/C22H25Cl2N3O/c1-5-13(6-2)15-7-8-16(24)21-20(15)26-22-25-11-17(27(21)22)19-12(3)9-14(23)10-18(19)28-4/h7-10,13,17H,5-6,11H2,1-4H3,(H,25,26). The monoisotopic (exact) mass is 417 g/mol. The molecule has 1 aromatic heterocycles. The highest BCUT2D eigenvalue weighted by Gasteiger charge is 2.32. The molecule has 1 N–H and O–H groups in total. The molecule has 0 fully saturated rings. The molecular weight excluding hydrogens is 393 g/mol. The second-order valence-corrected chi connectivity index (χ2v) is 8.23. The molecule has 0 radical (unpaired) electrons. The lowest BCUT2D eigenvalue weighted by atomic mass is 9.92. The molecule has 1 atom stereocenters. The average molecular weight is 418 g/mol. The highest BCUT2D eigenvalue weighted by Crippen LogP contribution is 2.43. The van der Waals surface area contributed by atoms with Crippen molar-refractivity contribution in [3.05, 3.63) is 51.0 Å². The zero-order chi connectivity index (χ0) is 20.0. The van der Waals surface area contributed by atoms with Crippen molar-refractivity contribution in [1.29, 1.82) is 0 Å². The van der Waals surface area contributed by atoms with Gasteiger partial charge >= 0.3 is 0 Å². The summed E-state index contributed by atoms with van der Waals surface area (Å²) in [6.45, 7) is 7.25. The van der Waals surface area contributed by atoms with E-state index in [4.69, 9.17) is 32.9 Å². The van der Waals surface area contributed by atoms with Crippen LogP contribution in [0.3, 0.4) is 0 Å². The molecule has 148 valence electrons. The summed E-state index contributed by atoms with van der Waals surface area (Å²) in [6, 6.07) is 8.04. The Labute approximate surface area is 175 Å². The first-order chi connectivity index (χ1) is 13.5. The van der Waals surface area contributed by atoms with Crippen LogP contribution in [0.15, 0.2) is 24.3 Å². The Morgan fingerprint density at radius 1 is 1.25 bits per heavy atom. The first-order valence-corrected chi connectivity index (χ1v) is 10.5. The van der Waals surface area contributed by atoms with Crippen molar-refractivity contribution in [2.75, 3.05) is 19.0 Å². The summed E-state index contributed by atoms with van der Waals surface area (Å²) in [5.74, 6) is 2.12. The van der Waals surface area contributed by atoms with Gasteiger partial charge in [-0.2, -0.15) is 0 Å². The number of nitrogens with zero attached hydrogens (tertiary/aromatic N) is 2. The van der Waals surface area contributed by atoms with Crippen LogP contribution in [0, 0.1) is 6.92 Å². The molecule has 2 aromatic carbocycles. The van der Waals surface area contributed by atoms with Gasteiger partial charge in [-0.1, -0.05) is 43.1 Å². The second kappa shape index (κ2) is 7.49. The maximum absolute atomic E-state index is 6.70. The third-order valence-corrected chi connectivity index (χ3v) is 6.40. The molecule has 4 nitrogen and oxygen atoms in total. The van der Waals surface area contributed by atoms with Gasteiger partial charge in [0.1, 0.15) is 5.75 Å². The van der Waals surface area contributed by atoms with Gasteiger partial charge in [0, 0.05) is 17.1 Å². The first-order valence-electron chi connectivity index (χ1n) is 9.78. The molecule has 0 saturated heterocycles. The second-order valence-electron chi connectivity index (χ2n) is 7.39. The molecule has 0 aliphatic carbocycles. The molecule has 1 unspecified atom stereocenters. The molecule has 28 heavy (non-hydrogen) atoms. The number of aromatic nitrogens is 2. The number of anilines is 1. The topological polar surface area (TPSA) is 39.1 Å². The normalized spacial score (nSPS) is 15.9. The fraction of sp³-hybridized carbons (Fsp3) is 0.409. The van der Waals surface area contributed by atoms with Crippen molar-refractivity contribution >= 4 is 40.2 Å². The van der Waals surface area contributed by atoms with Gasteiger partial charge in [-0.15, -0.1) is 0 Å². The number of methoxy groups -OCH3 is 1. The lowest BCUT2D eigenvalue weighted by Gasteiger charge is -2.21. The van der Waals surface area contributed by atoms with Crippen LogP contribution in [0.1, 0.15) is 55.3 Å². The Hall–Kier alpha value is -1.91. The van der Waals surface area contributed by atoms with Gasteiger partial charge in [-0.05, 0) is 55.0 Å². The number of aryl methyl sites for hydroxylation is 1. The molecule has 1 aliphatic heterocycles. The number of fused-ring (bicyclic) bond motifs is 3. The summed E-state index contributed by atoms with van der Waals surface area (Å²) in [7, 11) is 1.68. The Bertz CT molecular complexity index is 1040. The number of rotatable bonds is 5. The predicted octanol–water partition coefficient (Wildman–Crippen LogP) is 6.58. The van der Waals surface area contributed by atoms with Gasteiger partial charge in [-0.3, -0.25) is 4.57 Å². The zero-order valence-electron chi connectivity index (χ0n) is 16.6. The predicted molar refractivity (Wildman–Crippen MR) is 117 cm³/mol. The van der Waals surface area contributed by atoms with Gasteiger partial charge in [0.2, 0.25) is 5.95 Å². The minimum atomic E-state index is 0.0432. The smallest absolute Gasteiger partial charge is 0.204 e. The van der Waals surface area contributed by atoms with E-state index in [0.29, 0.717) is 10.9 Å². The van der Waals surface area contributed by atoms with E-state index in [1.54, 1.807) is 7.11 Å². The van der Waals surface area contributed by atoms with Crippen molar-refractivity contribution in [1.82, 2.24) is 9.55 Å². The molecule has 6 heteroatoms. The third-order valence-electron chi connectivity index (χ3n) is 5.88. The summed E-state index contributed by atoms with van der Waals surface area (Å²) in [6.07, 6.45) is 2.16.